The average Bonchev–Trinajstić information content (AvgIpc) is 2.80. The van der Waals surface area contributed by atoms with Gasteiger partial charge in [0.15, 0.2) is 0 Å². The van der Waals surface area contributed by atoms with E-state index in [1.165, 1.54) is 6.21 Å². The van der Waals surface area contributed by atoms with Crippen LogP contribution in [0, 0.1) is 5.41 Å². The van der Waals surface area contributed by atoms with Crippen molar-refractivity contribution >= 4 is 17.6 Å². The molecule has 0 saturated carbocycles. The summed E-state index contributed by atoms with van der Waals surface area (Å²) in [5, 5.41) is 15.6. The number of nitrogens with one attached hydrogen (secondary N) is 2. The zero-order valence-electron chi connectivity index (χ0n) is 16.7. The molecule has 3 aromatic rings. The maximum Gasteiger partial charge on any atom is 0.205 e. The molecule has 1 aliphatic heterocycles. The fourth-order valence-corrected chi connectivity index (χ4v) is 3.62. The van der Waals surface area contributed by atoms with Crippen LogP contribution in [0.4, 0.5) is 11.4 Å². The maximum atomic E-state index is 12.7. The van der Waals surface area contributed by atoms with Crippen molar-refractivity contribution in [2.45, 2.75) is 12.5 Å². The summed E-state index contributed by atoms with van der Waals surface area (Å²) in [6, 6.07) is 18.9. The van der Waals surface area contributed by atoms with Crippen LogP contribution in [0.5, 0.6) is 0 Å². The lowest BCUT2D eigenvalue weighted by molar-refractivity contribution is 0.122. The maximum absolute atomic E-state index is 12.7. The second-order valence-electron chi connectivity index (χ2n) is 7.10. The second kappa shape index (κ2) is 9.37. The summed E-state index contributed by atoms with van der Waals surface area (Å²) in [5.41, 5.74) is 3.10. The molecule has 154 valence electrons. The Morgan fingerprint density at radius 1 is 1.03 bits per heavy atom. The number of ether oxygens (including phenoxy) is 1. The number of morpholine rings is 1. The molecular weight excluding hydrogens is 378 g/mol. The molecule has 0 bridgehead atoms. The predicted molar refractivity (Wildman–Crippen MR) is 119 cm³/mol. The van der Waals surface area contributed by atoms with Gasteiger partial charge in [-0.3, -0.25) is 4.79 Å². The van der Waals surface area contributed by atoms with Crippen LogP contribution < -0.4 is 15.6 Å². The van der Waals surface area contributed by atoms with E-state index in [-0.39, 0.29) is 11.5 Å². The molecule has 1 saturated heterocycles. The molecule has 1 aliphatic rings. The van der Waals surface area contributed by atoms with Crippen molar-refractivity contribution in [3.63, 3.8) is 0 Å². The Labute approximate surface area is 175 Å². The minimum atomic E-state index is -0.389. The highest BCUT2D eigenvalue weighted by molar-refractivity contribution is 5.63. The number of aromatic nitrogens is 2. The molecule has 30 heavy (non-hydrogen) atoms. The van der Waals surface area contributed by atoms with Gasteiger partial charge in [-0.2, -0.15) is 5.10 Å². The number of rotatable bonds is 7. The molecule has 4 rings (SSSR count). The first kappa shape index (κ1) is 19.8. The third-order valence-electron chi connectivity index (χ3n) is 5.11. The van der Waals surface area contributed by atoms with Gasteiger partial charge >= 0.3 is 0 Å². The highest BCUT2D eigenvalue weighted by atomic mass is 16.5. The van der Waals surface area contributed by atoms with Gasteiger partial charge in [0.1, 0.15) is 5.69 Å². The van der Waals surface area contributed by atoms with Crippen LogP contribution in [0.1, 0.15) is 18.2 Å². The standard InChI is InChI=1S/C23H25N5O2/c24-12-10-19(25-18-6-2-1-3-7-18)23-22(29)11-13-28(26-23)21-9-5-4-8-20(21)27-14-16-30-17-15-27/h1-9,11-13,19,24-25H,10,14-17H2. The minimum absolute atomic E-state index is 0.148. The molecule has 0 radical (unpaired) electrons. The highest BCUT2D eigenvalue weighted by Crippen LogP contribution is 2.25. The summed E-state index contributed by atoms with van der Waals surface area (Å²) in [4.78, 5) is 15.0. The zero-order chi connectivity index (χ0) is 20.8. The van der Waals surface area contributed by atoms with Gasteiger partial charge in [-0.05, 0) is 30.5 Å². The zero-order valence-corrected chi connectivity index (χ0v) is 16.7. The molecule has 1 fully saturated rings. The first-order valence-corrected chi connectivity index (χ1v) is 10.1. The molecule has 0 aliphatic carbocycles. The molecule has 1 atom stereocenters. The van der Waals surface area contributed by atoms with Gasteiger partial charge in [-0.1, -0.05) is 30.3 Å². The first-order valence-electron chi connectivity index (χ1n) is 10.1. The van der Waals surface area contributed by atoms with Gasteiger partial charge in [-0.25, -0.2) is 4.68 Å². The quantitative estimate of drug-likeness (QED) is 0.592. The van der Waals surface area contributed by atoms with Crippen molar-refractivity contribution in [3.8, 4) is 5.69 Å². The molecule has 1 unspecified atom stereocenters. The van der Waals surface area contributed by atoms with Crippen LogP contribution in [0.2, 0.25) is 0 Å². The van der Waals surface area contributed by atoms with Crippen molar-refractivity contribution in [1.82, 2.24) is 9.78 Å². The number of para-hydroxylation sites is 3. The van der Waals surface area contributed by atoms with E-state index in [0.717, 1.165) is 30.2 Å². The lowest BCUT2D eigenvalue weighted by Gasteiger charge is -2.30. The summed E-state index contributed by atoms with van der Waals surface area (Å²) >= 11 is 0. The average molecular weight is 403 g/mol. The molecule has 7 heteroatoms. The van der Waals surface area contributed by atoms with Crippen LogP contribution in [-0.4, -0.2) is 42.3 Å². The largest absolute Gasteiger partial charge is 0.378 e. The normalized spacial score (nSPS) is 14.9. The summed E-state index contributed by atoms with van der Waals surface area (Å²) in [7, 11) is 0. The van der Waals surface area contributed by atoms with Crippen LogP contribution in [0.15, 0.2) is 71.7 Å². The Morgan fingerprint density at radius 2 is 1.73 bits per heavy atom. The molecule has 0 amide bonds. The molecule has 1 aromatic heterocycles. The Kier molecular flexibility index (Phi) is 6.20. The number of hydrogen-bond acceptors (Lipinski definition) is 6. The number of benzene rings is 2. The first-order chi connectivity index (χ1) is 14.8. The van der Waals surface area contributed by atoms with E-state index in [1.807, 2.05) is 48.5 Å². The lowest BCUT2D eigenvalue weighted by Crippen LogP contribution is -2.37. The second-order valence-corrected chi connectivity index (χ2v) is 7.10. The number of hydrogen-bond donors (Lipinski definition) is 2. The third kappa shape index (κ3) is 4.41. The van der Waals surface area contributed by atoms with E-state index >= 15 is 0 Å². The fraction of sp³-hybridized carbons (Fsp3) is 0.261. The topological polar surface area (TPSA) is 83.2 Å². The SMILES string of the molecule is N=CCC(Nc1ccccc1)c1nn(-c2ccccc2N2CCOCC2)ccc1=O. The van der Waals surface area contributed by atoms with Gasteiger partial charge in [0.2, 0.25) is 5.43 Å². The lowest BCUT2D eigenvalue weighted by atomic mass is 10.1. The molecule has 2 N–H and O–H groups in total. The highest BCUT2D eigenvalue weighted by Gasteiger charge is 2.19. The summed E-state index contributed by atoms with van der Waals surface area (Å²) < 4.78 is 7.24. The molecular formula is C23H25N5O2. The van der Waals surface area contributed by atoms with Crippen molar-refractivity contribution in [3.05, 3.63) is 82.8 Å². The van der Waals surface area contributed by atoms with Crippen LogP contribution in [-0.2, 0) is 4.74 Å². The Balaban J connectivity index is 1.71. The Hall–Kier alpha value is -3.45. The van der Waals surface area contributed by atoms with Crippen LogP contribution in [0.3, 0.4) is 0 Å². The molecule has 7 nitrogen and oxygen atoms in total. The van der Waals surface area contributed by atoms with Crippen molar-refractivity contribution < 1.29 is 4.74 Å². The predicted octanol–water partition coefficient (Wildman–Crippen LogP) is 3.26. The fourth-order valence-electron chi connectivity index (χ4n) is 3.62. The Bertz CT molecular complexity index is 1040. The van der Waals surface area contributed by atoms with Crippen molar-refractivity contribution in [2.75, 3.05) is 36.5 Å². The van der Waals surface area contributed by atoms with Gasteiger partial charge in [0.25, 0.3) is 0 Å². The summed E-state index contributed by atoms with van der Waals surface area (Å²) in [6.45, 7) is 3.02. The minimum Gasteiger partial charge on any atom is -0.378 e. The van der Waals surface area contributed by atoms with E-state index in [1.54, 1.807) is 16.9 Å². The van der Waals surface area contributed by atoms with Gasteiger partial charge in [-0.15, -0.1) is 0 Å². The van der Waals surface area contributed by atoms with E-state index in [4.69, 9.17) is 15.2 Å². The Morgan fingerprint density at radius 3 is 2.47 bits per heavy atom. The van der Waals surface area contributed by atoms with Gasteiger partial charge in [0, 0.05) is 37.5 Å². The van der Waals surface area contributed by atoms with E-state index in [2.05, 4.69) is 16.3 Å². The summed E-state index contributed by atoms with van der Waals surface area (Å²) in [6.07, 6.45) is 3.38. The molecule has 2 aromatic carbocycles. The number of nitrogens with zero attached hydrogens (tertiary/aromatic N) is 3. The molecule has 0 spiro atoms. The van der Waals surface area contributed by atoms with Crippen molar-refractivity contribution in [2.24, 2.45) is 0 Å². The van der Waals surface area contributed by atoms with E-state index < -0.39 is 0 Å². The monoisotopic (exact) mass is 403 g/mol. The molecule has 2 heterocycles. The van der Waals surface area contributed by atoms with Crippen LogP contribution >= 0.6 is 0 Å². The number of anilines is 2. The van der Waals surface area contributed by atoms with Crippen molar-refractivity contribution in [1.29, 1.82) is 5.41 Å². The van der Waals surface area contributed by atoms with Gasteiger partial charge in [0.05, 0.1) is 30.6 Å². The van der Waals surface area contributed by atoms with Crippen LogP contribution in [0.25, 0.3) is 5.69 Å². The van der Waals surface area contributed by atoms with E-state index in [9.17, 15) is 4.79 Å². The summed E-state index contributed by atoms with van der Waals surface area (Å²) in [5.74, 6) is 0. The van der Waals surface area contributed by atoms with E-state index in [0.29, 0.717) is 25.3 Å². The van der Waals surface area contributed by atoms with Gasteiger partial charge < -0.3 is 20.4 Å². The third-order valence-corrected chi connectivity index (χ3v) is 5.11. The smallest absolute Gasteiger partial charge is 0.205 e.